The topological polar surface area (TPSA) is 56.8 Å². The highest BCUT2D eigenvalue weighted by molar-refractivity contribution is 7.09. The first-order valence-corrected chi connectivity index (χ1v) is 13.3. The van der Waals surface area contributed by atoms with Crippen LogP contribution in [0.3, 0.4) is 0 Å². The number of hydrogen-bond donors (Lipinski definition) is 0. The van der Waals surface area contributed by atoms with Crippen molar-refractivity contribution in [2.75, 3.05) is 26.2 Å². The van der Waals surface area contributed by atoms with Gasteiger partial charge in [-0.25, -0.2) is 4.98 Å². The molecule has 33 heavy (non-hydrogen) atoms. The summed E-state index contributed by atoms with van der Waals surface area (Å²) in [7, 11) is 0. The molecule has 7 heteroatoms. The van der Waals surface area contributed by atoms with Crippen molar-refractivity contribution in [3.05, 3.63) is 52.0 Å². The molecule has 3 fully saturated rings. The molecule has 5 rings (SSSR count). The highest BCUT2D eigenvalue weighted by Crippen LogP contribution is 2.41. The lowest BCUT2D eigenvalue weighted by molar-refractivity contribution is -0.137. The first-order chi connectivity index (χ1) is 16.1. The van der Waals surface area contributed by atoms with Crippen LogP contribution < -0.4 is 0 Å². The van der Waals surface area contributed by atoms with Crippen LogP contribution in [0.4, 0.5) is 0 Å². The van der Waals surface area contributed by atoms with Gasteiger partial charge in [0.1, 0.15) is 6.04 Å². The standard InChI is InChI=1S/C26H34N4O2S/c1-2-24-27-21(18-33-24)17-28-12-14-29(15-13-28)26(32)23-16-20-10-6-7-11-22(20)30(23)25(31)19-8-4-3-5-9-19/h3-5,8-9,18,20,22-23H,2,6-7,10-17H2,1H3. The predicted molar refractivity (Wildman–Crippen MR) is 130 cm³/mol. The largest absolute Gasteiger partial charge is 0.338 e. The summed E-state index contributed by atoms with van der Waals surface area (Å²) in [6.45, 7) is 6.15. The number of benzene rings is 1. The molecule has 6 nitrogen and oxygen atoms in total. The molecule has 2 aliphatic heterocycles. The van der Waals surface area contributed by atoms with E-state index >= 15 is 0 Å². The minimum Gasteiger partial charge on any atom is -0.338 e. The predicted octanol–water partition coefficient (Wildman–Crippen LogP) is 3.82. The Bertz CT molecular complexity index is 970. The molecule has 2 amide bonds. The Morgan fingerprint density at radius 2 is 1.82 bits per heavy atom. The summed E-state index contributed by atoms with van der Waals surface area (Å²) in [6.07, 6.45) is 6.32. The lowest BCUT2D eigenvalue weighted by Gasteiger charge is -2.38. The Hall–Kier alpha value is -2.25. The molecule has 1 aliphatic carbocycles. The van der Waals surface area contributed by atoms with Gasteiger partial charge in [0.25, 0.3) is 5.91 Å². The third kappa shape index (κ3) is 4.71. The molecule has 3 unspecified atom stereocenters. The van der Waals surface area contributed by atoms with Gasteiger partial charge < -0.3 is 9.80 Å². The smallest absolute Gasteiger partial charge is 0.254 e. The van der Waals surface area contributed by atoms with E-state index in [0.29, 0.717) is 11.5 Å². The van der Waals surface area contributed by atoms with Gasteiger partial charge in [-0.3, -0.25) is 14.5 Å². The number of fused-ring (bicyclic) bond motifs is 1. The molecule has 0 N–H and O–H groups in total. The van der Waals surface area contributed by atoms with E-state index in [-0.39, 0.29) is 23.9 Å². The number of piperazine rings is 1. The summed E-state index contributed by atoms with van der Waals surface area (Å²) in [5.74, 6) is 0.631. The zero-order valence-corrected chi connectivity index (χ0v) is 20.3. The third-order valence-electron chi connectivity index (χ3n) is 7.60. The van der Waals surface area contributed by atoms with Crippen LogP contribution in [0.5, 0.6) is 0 Å². The fraction of sp³-hybridized carbons (Fsp3) is 0.577. The van der Waals surface area contributed by atoms with Crippen LogP contribution in [-0.4, -0.2) is 69.8 Å². The average molecular weight is 467 g/mol. The molecule has 3 aliphatic rings. The molecule has 1 aromatic carbocycles. The van der Waals surface area contributed by atoms with E-state index in [1.54, 1.807) is 11.3 Å². The molecular formula is C26H34N4O2S. The van der Waals surface area contributed by atoms with Crippen molar-refractivity contribution in [3.63, 3.8) is 0 Å². The highest BCUT2D eigenvalue weighted by atomic mass is 32.1. The van der Waals surface area contributed by atoms with Crippen LogP contribution in [0, 0.1) is 5.92 Å². The van der Waals surface area contributed by atoms with Crippen molar-refractivity contribution in [1.82, 2.24) is 19.7 Å². The number of thiazole rings is 1. The van der Waals surface area contributed by atoms with Crippen LogP contribution in [-0.2, 0) is 17.8 Å². The lowest BCUT2D eigenvalue weighted by Crippen LogP contribution is -2.55. The first kappa shape index (κ1) is 22.5. The summed E-state index contributed by atoms with van der Waals surface area (Å²) in [4.78, 5) is 38.3. The second-order valence-electron chi connectivity index (χ2n) is 9.63. The number of aryl methyl sites for hydroxylation is 1. The molecule has 2 saturated heterocycles. The Morgan fingerprint density at radius 1 is 1.06 bits per heavy atom. The quantitative estimate of drug-likeness (QED) is 0.672. The molecule has 1 aromatic heterocycles. The van der Waals surface area contributed by atoms with E-state index in [0.717, 1.165) is 70.5 Å². The van der Waals surface area contributed by atoms with Crippen LogP contribution in [0.15, 0.2) is 35.7 Å². The van der Waals surface area contributed by atoms with Crippen LogP contribution in [0.2, 0.25) is 0 Å². The lowest BCUT2D eigenvalue weighted by atomic mass is 9.84. The van der Waals surface area contributed by atoms with E-state index in [1.807, 2.05) is 40.1 Å². The maximum absolute atomic E-state index is 13.7. The minimum atomic E-state index is -0.317. The van der Waals surface area contributed by atoms with Crippen molar-refractivity contribution in [1.29, 1.82) is 0 Å². The second-order valence-corrected chi connectivity index (χ2v) is 10.6. The number of likely N-dealkylation sites (tertiary alicyclic amines) is 1. The fourth-order valence-corrected chi connectivity index (χ4v) is 6.59. The molecule has 0 bridgehead atoms. The summed E-state index contributed by atoms with van der Waals surface area (Å²) >= 11 is 1.73. The van der Waals surface area contributed by atoms with Gasteiger partial charge in [0.15, 0.2) is 0 Å². The zero-order chi connectivity index (χ0) is 22.8. The van der Waals surface area contributed by atoms with E-state index in [2.05, 4.69) is 17.2 Å². The van der Waals surface area contributed by atoms with Gasteiger partial charge in [0.2, 0.25) is 5.91 Å². The summed E-state index contributed by atoms with van der Waals surface area (Å²) in [5, 5.41) is 3.34. The molecule has 3 heterocycles. The first-order valence-electron chi connectivity index (χ1n) is 12.5. The SMILES string of the molecule is CCc1nc(CN2CCN(C(=O)C3CC4CCCCC4N3C(=O)c3ccccc3)CC2)cs1. The van der Waals surface area contributed by atoms with Gasteiger partial charge in [-0.05, 0) is 43.7 Å². The van der Waals surface area contributed by atoms with E-state index in [1.165, 1.54) is 11.4 Å². The normalized spacial score (nSPS) is 25.8. The summed E-state index contributed by atoms with van der Waals surface area (Å²) in [6, 6.07) is 9.39. The molecule has 1 saturated carbocycles. The van der Waals surface area contributed by atoms with Gasteiger partial charge in [-0.1, -0.05) is 38.0 Å². The molecular weight excluding hydrogens is 432 g/mol. The maximum atomic E-state index is 13.7. The summed E-state index contributed by atoms with van der Waals surface area (Å²) < 4.78 is 0. The monoisotopic (exact) mass is 466 g/mol. The number of rotatable bonds is 5. The third-order valence-corrected chi connectivity index (χ3v) is 8.64. The number of carbonyl (C=O) groups excluding carboxylic acids is 2. The molecule has 2 aromatic rings. The number of aromatic nitrogens is 1. The van der Waals surface area contributed by atoms with E-state index in [4.69, 9.17) is 4.98 Å². The molecule has 176 valence electrons. The number of hydrogen-bond acceptors (Lipinski definition) is 5. The Labute approximate surface area is 200 Å². The number of nitrogens with zero attached hydrogens (tertiary/aromatic N) is 4. The van der Waals surface area contributed by atoms with Gasteiger partial charge in [-0.15, -0.1) is 11.3 Å². The molecule has 3 atom stereocenters. The minimum absolute atomic E-state index is 0.0252. The van der Waals surface area contributed by atoms with Gasteiger partial charge in [0.05, 0.1) is 10.7 Å². The van der Waals surface area contributed by atoms with Crippen molar-refractivity contribution in [2.45, 2.75) is 64.1 Å². The number of amides is 2. The maximum Gasteiger partial charge on any atom is 0.254 e. The van der Waals surface area contributed by atoms with E-state index < -0.39 is 0 Å². The average Bonchev–Trinajstić information content (AvgIpc) is 3.48. The van der Waals surface area contributed by atoms with E-state index in [9.17, 15) is 9.59 Å². The second kappa shape index (κ2) is 9.94. The van der Waals surface area contributed by atoms with Crippen molar-refractivity contribution < 1.29 is 9.59 Å². The van der Waals surface area contributed by atoms with Gasteiger partial charge in [-0.2, -0.15) is 0 Å². The van der Waals surface area contributed by atoms with Crippen molar-refractivity contribution in [2.24, 2.45) is 5.92 Å². The number of carbonyl (C=O) groups is 2. The Morgan fingerprint density at radius 3 is 2.55 bits per heavy atom. The zero-order valence-electron chi connectivity index (χ0n) is 19.5. The van der Waals surface area contributed by atoms with Crippen molar-refractivity contribution >= 4 is 23.2 Å². The van der Waals surface area contributed by atoms with Crippen LogP contribution in [0.1, 0.15) is 60.1 Å². The highest BCUT2D eigenvalue weighted by Gasteiger charge is 2.48. The van der Waals surface area contributed by atoms with Crippen molar-refractivity contribution in [3.8, 4) is 0 Å². The van der Waals surface area contributed by atoms with Gasteiger partial charge in [0, 0.05) is 49.7 Å². The molecule has 0 spiro atoms. The van der Waals surface area contributed by atoms with Crippen LogP contribution in [0.25, 0.3) is 0 Å². The van der Waals surface area contributed by atoms with Gasteiger partial charge >= 0.3 is 0 Å². The Kier molecular flexibility index (Phi) is 6.79. The summed E-state index contributed by atoms with van der Waals surface area (Å²) in [5.41, 5.74) is 1.83. The fourth-order valence-electron chi connectivity index (χ4n) is 5.85. The Balaban J connectivity index is 1.26. The van der Waals surface area contributed by atoms with Crippen LogP contribution >= 0.6 is 11.3 Å². The molecule has 0 radical (unpaired) electrons.